The smallest absolute Gasteiger partial charge is 0.161 e. The van der Waals surface area contributed by atoms with Crippen LogP contribution in [-0.2, 0) is 0 Å². The quantitative estimate of drug-likeness (QED) is 0.864. The molecule has 0 heterocycles. The molecule has 3 nitrogen and oxygen atoms in total. The number of hydrogen-bond donors (Lipinski definition) is 1. The van der Waals surface area contributed by atoms with Crippen LogP contribution in [0.2, 0.25) is 0 Å². The molecule has 1 N–H and O–H groups in total. The van der Waals surface area contributed by atoms with Gasteiger partial charge in [0.15, 0.2) is 11.5 Å². The highest BCUT2D eigenvalue weighted by Crippen LogP contribution is 2.31. The van der Waals surface area contributed by atoms with Crippen molar-refractivity contribution in [1.29, 1.82) is 0 Å². The highest BCUT2D eigenvalue weighted by molar-refractivity contribution is 5.85. The standard InChI is InChI=1S/C16H21NO2/c1-3-17(4-2)9-10-19-16-12-14-8-6-5-7-13(14)11-15(16)18/h5-8,11-12,18H,3-4,9-10H2,1-2H3. The van der Waals surface area contributed by atoms with Gasteiger partial charge in [-0.25, -0.2) is 0 Å². The van der Waals surface area contributed by atoms with E-state index in [1.165, 1.54) is 0 Å². The van der Waals surface area contributed by atoms with Crippen LogP contribution in [0.3, 0.4) is 0 Å². The molecular formula is C16H21NO2. The van der Waals surface area contributed by atoms with E-state index in [9.17, 15) is 5.11 Å². The van der Waals surface area contributed by atoms with Crippen molar-refractivity contribution in [3.63, 3.8) is 0 Å². The van der Waals surface area contributed by atoms with Gasteiger partial charge in [0.1, 0.15) is 6.61 Å². The minimum absolute atomic E-state index is 0.207. The number of phenols is 1. The molecule has 0 aromatic heterocycles. The molecule has 0 unspecified atom stereocenters. The van der Waals surface area contributed by atoms with Gasteiger partial charge in [0, 0.05) is 6.54 Å². The molecule has 0 fully saturated rings. The molecule has 2 rings (SSSR count). The molecule has 0 aliphatic rings. The molecule has 2 aromatic rings. The summed E-state index contributed by atoms with van der Waals surface area (Å²) in [6.07, 6.45) is 0. The van der Waals surface area contributed by atoms with Gasteiger partial charge in [0.05, 0.1) is 0 Å². The first-order valence-corrected chi connectivity index (χ1v) is 6.81. The van der Waals surface area contributed by atoms with E-state index in [0.717, 1.165) is 30.4 Å². The molecule has 0 amide bonds. The number of fused-ring (bicyclic) bond motifs is 1. The third-order valence-corrected chi connectivity index (χ3v) is 3.39. The Bertz CT molecular complexity index is 535. The van der Waals surface area contributed by atoms with Crippen LogP contribution in [-0.4, -0.2) is 36.2 Å². The Kier molecular flexibility index (Phi) is 4.63. The summed E-state index contributed by atoms with van der Waals surface area (Å²) in [7, 11) is 0. The molecule has 0 spiro atoms. The third kappa shape index (κ3) is 3.38. The number of aromatic hydroxyl groups is 1. The van der Waals surface area contributed by atoms with E-state index in [4.69, 9.17) is 4.74 Å². The minimum atomic E-state index is 0.207. The van der Waals surface area contributed by atoms with Gasteiger partial charge in [-0.2, -0.15) is 0 Å². The van der Waals surface area contributed by atoms with Crippen LogP contribution in [0.5, 0.6) is 11.5 Å². The number of rotatable bonds is 6. The molecular weight excluding hydrogens is 238 g/mol. The van der Waals surface area contributed by atoms with Crippen molar-refractivity contribution in [3.05, 3.63) is 36.4 Å². The summed E-state index contributed by atoms with van der Waals surface area (Å²) < 4.78 is 5.69. The fourth-order valence-electron chi connectivity index (χ4n) is 2.15. The van der Waals surface area contributed by atoms with Crippen molar-refractivity contribution >= 4 is 10.8 Å². The molecule has 0 aliphatic carbocycles. The Balaban J connectivity index is 2.06. The number of benzene rings is 2. The van der Waals surface area contributed by atoms with E-state index < -0.39 is 0 Å². The Morgan fingerprint density at radius 2 is 1.68 bits per heavy atom. The highest BCUT2D eigenvalue weighted by atomic mass is 16.5. The average molecular weight is 259 g/mol. The van der Waals surface area contributed by atoms with Crippen molar-refractivity contribution in [2.24, 2.45) is 0 Å². The van der Waals surface area contributed by atoms with Crippen molar-refractivity contribution in [3.8, 4) is 11.5 Å². The van der Waals surface area contributed by atoms with Crippen LogP contribution in [0.15, 0.2) is 36.4 Å². The van der Waals surface area contributed by atoms with Crippen LogP contribution >= 0.6 is 0 Å². The van der Waals surface area contributed by atoms with Gasteiger partial charge in [-0.3, -0.25) is 0 Å². The van der Waals surface area contributed by atoms with Crippen molar-refractivity contribution in [2.75, 3.05) is 26.2 Å². The summed E-state index contributed by atoms with van der Waals surface area (Å²) in [4.78, 5) is 2.29. The fraction of sp³-hybridized carbons (Fsp3) is 0.375. The molecule has 19 heavy (non-hydrogen) atoms. The lowest BCUT2D eigenvalue weighted by atomic mass is 10.1. The highest BCUT2D eigenvalue weighted by Gasteiger charge is 2.06. The zero-order chi connectivity index (χ0) is 13.7. The average Bonchev–Trinajstić information content (AvgIpc) is 2.44. The van der Waals surface area contributed by atoms with Crippen molar-refractivity contribution in [2.45, 2.75) is 13.8 Å². The summed E-state index contributed by atoms with van der Waals surface area (Å²) in [6.45, 7) is 7.77. The lowest BCUT2D eigenvalue weighted by Gasteiger charge is -2.18. The predicted octanol–water partition coefficient (Wildman–Crippen LogP) is 3.27. The van der Waals surface area contributed by atoms with Crippen LogP contribution < -0.4 is 4.74 Å². The van der Waals surface area contributed by atoms with E-state index in [1.54, 1.807) is 6.07 Å². The first-order valence-electron chi connectivity index (χ1n) is 6.81. The first kappa shape index (κ1) is 13.7. The van der Waals surface area contributed by atoms with Crippen molar-refractivity contribution in [1.82, 2.24) is 4.90 Å². The molecule has 0 atom stereocenters. The lowest BCUT2D eigenvalue weighted by molar-refractivity contribution is 0.218. The number of hydrogen-bond acceptors (Lipinski definition) is 3. The Morgan fingerprint density at radius 3 is 2.32 bits per heavy atom. The van der Waals surface area contributed by atoms with Gasteiger partial charge >= 0.3 is 0 Å². The maximum Gasteiger partial charge on any atom is 0.161 e. The second-order valence-corrected chi connectivity index (χ2v) is 4.54. The van der Waals surface area contributed by atoms with Gasteiger partial charge in [-0.1, -0.05) is 38.1 Å². The Morgan fingerprint density at radius 1 is 1.05 bits per heavy atom. The first-order chi connectivity index (χ1) is 9.24. The maximum absolute atomic E-state index is 9.95. The topological polar surface area (TPSA) is 32.7 Å². The second kappa shape index (κ2) is 6.43. The van der Waals surface area contributed by atoms with Crippen molar-refractivity contribution < 1.29 is 9.84 Å². The lowest BCUT2D eigenvalue weighted by Crippen LogP contribution is -2.27. The van der Waals surface area contributed by atoms with E-state index in [1.807, 2.05) is 30.3 Å². The molecule has 0 bridgehead atoms. The number of likely N-dealkylation sites (N-methyl/N-ethyl adjacent to an activating group) is 1. The van der Waals surface area contributed by atoms with Crippen LogP contribution in [0.1, 0.15) is 13.8 Å². The Labute approximate surface area is 114 Å². The van der Waals surface area contributed by atoms with E-state index in [0.29, 0.717) is 12.4 Å². The van der Waals surface area contributed by atoms with E-state index in [2.05, 4.69) is 18.7 Å². The molecule has 0 aliphatic heterocycles. The molecule has 0 saturated carbocycles. The minimum Gasteiger partial charge on any atom is -0.504 e. The number of nitrogens with zero attached hydrogens (tertiary/aromatic N) is 1. The van der Waals surface area contributed by atoms with Gasteiger partial charge < -0.3 is 14.7 Å². The van der Waals surface area contributed by atoms with Crippen LogP contribution in [0, 0.1) is 0 Å². The molecule has 2 aromatic carbocycles. The molecule has 3 heteroatoms. The predicted molar refractivity (Wildman–Crippen MR) is 78.9 cm³/mol. The maximum atomic E-state index is 9.95. The Hall–Kier alpha value is -1.74. The zero-order valence-electron chi connectivity index (χ0n) is 11.6. The molecule has 102 valence electrons. The SMILES string of the molecule is CCN(CC)CCOc1cc2ccccc2cc1O. The third-order valence-electron chi connectivity index (χ3n) is 3.39. The van der Waals surface area contributed by atoms with Crippen LogP contribution in [0.4, 0.5) is 0 Å². The second-order valence-electron chi connectivity index (χ2n) is 4.54. The monoisotopic (exact) mass is 259 g/mol. The normalized spacial score (nSPS) is 11.1. The largest absolute Gasteiger partial charge is 0.504 e. The van der Waals surface area contributed by atoms with E-state index in [-0.39, 0.29) is 5.75 Å². The summed E-state index contributed by atoms with van der Waals surface area (Å²) in [5.41, 5.74) is 0. The summed E-state index contributed by atoms with van der Waals surface area (Å²) in [5, 5.41) is 12.1. The van der Waals surface area contributed by atoms with Crippen LogP contribution in [0.25, 0.3) is 10.8 Å². The number of ether oxygens (including phenoxy) is 1. The van der Waals surface area contributed by atoms with E-state index >= 15 is 0 Å². The zero-order valence-corrected chi connectivity index (χ0v) is 11.6. The molecule has 0 radical (unpaired) electrons. The molecule has 0 saturated heterocycles. The van der Waals surface area contributed by atoms with Gasteiger partial charge in [-0.15, -0.1) is 0 Å². The van der Waals surface area contributed by atoms with Gasteiger partial charge in [-0.05, 0) is 36.0 Å². The van der Waals surface area contributed by atoms with Gasteiger partial charge in [0.25, 0.3) is 0 Å². The number of phenolic OH excluding ortho intramolecular Hbond substituents is 1. The summed E-state index contributed by atoms with van der Waals surface area (Å²) in [5.74, 6) is 0.768. The fourth-order valence-corrected chi connectivity index (χ4v) is 2.15. The van der Waals surface area contributed by atoms with Gasteiger partial charge in [0.2, 0.25) is 0 Å². The summed E-state index contributed by atoms with van der Waals surface area (Å²) in [6, 6.07) is 11.6. The summed E-state index contributed by atoms with van der Waals surface area (Å²) >= 11 is 0.